The Labute approximate surface area is 164 Å². The van der Waals surface area contributed by atoms with E-state index in [9.17, 15) is 0 Å². The Morgan fingerprint density at radius 2 is 0.857 bits per heavy atom. The van der Waals surface area contributed by atoms with Gasteiger partial charge in [0.1, 0.15) is 0 Å². The molecule has 0 bridgehead atoms. The molecular weight excluding hydrogens is 340 g/mol. The van der Waals surface area contributed by atoms with Crippen LogP contribution in [-0.4, -0.2) is 9.97 Å². The van der Waals surface area contributed by atoms with Crippen LogP contribution in [0.3, 0.4) is 0 Å². The van der Waals surface area contributed by atoms with Gasteiger partial charge in [0.05, 0.1) is 0 Å². The maximum absolute atomic E-state index is 4.24. The van der Waals surface area contributed by atoms with Crippen molar-refractivity contribution in [1.82, 2.24) is 9.97 Å². The molecule has 0 amide bonds. The molecule has 0 unspecified atom stereocenters. The third-order valence-corrected chi connectivity index (χ3v) is 5.37. The number of hydrogen-bond acceptors (Lipinski definition) is 2. The van der Waals surface area contributed by atoms with Crippen molar-refractivity contribution in [2.75, 3.05) is 0 Å². The lowest BCUT2D eigenvalue weighted by atomic mass is 9.84. The second kappa shape index (κ2) is 6.58. The molecule has 0 N–H and O–H groups in total. The van der Waals surface area contributed by atoms with Crippen molar-refractivity contribution in [3.05, 3.63) is 96.6 Å². The topological polar surface area (TPSA) is 25.8 Å². The molecule has 28 heavy (non-hydrogen) atoms. The SMILES string of the molecule is Cc1ccc2c(c1)c(-c1ccncc1)c(-c1ccncc1)c1cc(C)ccc12. The number of benzene rings is 3. The Kier molecular flexibility index (Phi) is 3.91. The summed E-state index contributed by atoms with van der Waals surface area (Å²) in [4.78, 5) is 8.47. The fraction of sp³-hybridized carbons (Fsp3) is 0.0769. The van der Waals surface area contributed by atoms with Crippen LogP contribution in [0.15, 0.2) is 85.5 Å². The molecule has 0 aliphatic rings. The summed E-state index contributed by atoms with van der Waals surface area (Å²) in [6, 6.07) is 21.9. The van der Waals surface area contributed by atoms with Gasteiger partial charge in [0.25, 0.3) is 0 Å². The Morgan fingerprint density at radius 1 is 0.464 bits per heavy atom. The third kappa shape index (κ3) is 2.66. The van der Waals surface area contributed by atoms with Crippen LogP contribution < -0.4 is 0 Å². The Morgan fingerprint density at radius 3 is 1.25 bits per heavy atom. The highest BCUT2D eigenvalue weighted by Crippen LogP contribution is 2.44. The average molecular weight is 360 g/mol. The third-order valence-electron chi connectivity index (χ3n) is 5.37. The normalized spacial score (nSPS) is 11.2. The van der Waals surface area contributed by atoms with Crippen LogP contribution in [0, 0.1) is 13.8 Å². The van der Waals surface area contributed by atoms with Crippen LogP contribution in [0.1, 0.15) is 11.1 Å². The number of hydrogen-bond donors (Lipinski definition) is 0. The van der Waals surface area contributed by atoms with Gasteiger partial charge in [-0.3, -0.25) is 9.97 Å². The quantitative estimate of drug-likeness (QED) is 0.326. The molecule has 0 aliphatic heterocycles. The predicted octanol–water partition coefficient (Wildman–Crippen LogP) is 6.73. The maximum atomic E-state index is 4.24. The summed E-state index contributed by atoms with van der Waals surface area (Å²) in [5.74, 6) is 0. The lowest BCUT2D eigenvalue weighted by Crippen LogP contribution is -1.93. The van der Waals surface area contributed by atoms with Crippen LogP contribution in [0.2, 0.25) is 0 Å². The summed E-state index contributed by atoms with van der Waals surface area (Å²) in [6.07, 6.45) is 7.48. The molecule has 5 rings (SSSR count). The van der Waals surface area contributed by atoms with E-state index in [1.165, 1.54) is 54.9 Å². The summed E-state index contributed by atoms with van der Waals surface area (Å²) in [6.45, 7) is 4.31. The van der Waals surface area contributed by atoms with Gasteiger partial charge in [-0.25, -0.2) is 0 Å². The molecule has 0 radical (unpaired) electrons. The van der Waals surface area contributed by atoms with E-state index in [2.05, 4.69) is 84.5 Å². The molecule has 2 heterocycles. The Hall–Kier alpha value is -3.52. The molecule has 134 valence electrons. The monoisotopic (exact) mass is 360 g/mol. The van der Waals surface area contributed by atoms with Crippen molar-refractivity contribution in [2.45, 2.75) is 13.8 Å². The average Bonchev–Trinajstić information content (AvgIpc) is 2.73. The van der Waals surface area contributed by atoms with E-state index in [1.807, 2.05) is 24.8 Å². The molecule has 0 saturated carbocycles. The molecule has 0 atom stereocenters. The van der Waals surface area contributed by atoms with Crippen molar-refractivity contribution in [3.8, 4) is 22.3 Å². The zero-order valence-corrected chi connectivity index (χ0v) is 16.0. The highest BCUT2D eigenvalue weighted by Gasteiger charge is 2.17. The van der Waals surface area contributed by atoms with E-state index < -0.39 is 0 Å². The van der Waals surface area contributed by atoms with Crippen molar-refractivity contribution in [2.24, 2.45) is 0 Å². The summed E-state index contributed by atoms with van der Waals surface area (Å²) >= 11 is 0. The van der Waals surface area contributed by atoms with Crippen molar-refractivity contribution < 1.29 is 0 Å². The van der Waals surface area contributed by atoms with Crippen molar-refractivity contribution >= 4 is 21.5 Å². The first kappa shape index (κ1) is 16.6. The minimum atomic E-state index is 1.18. The second-order valence-corrected chi connectivity index (χ2v) is 7.32. The van der Waals surface area contributed by atoms with Crippen LogP contribution in [0.25, 0.3) is 43.8 Å². The Bertz CT molecular complexity index is 1200. The van der Waals surface area contributed by atoms with Gasteiger partial charge in [0, 0.05) is 24.8 Å². The molecular formula is C26H20N2. The van der Waals surface area contributed by atoms with Crippen molar-refractivity contribution in [3.63, 3.8) is 0 Å². The molecule has 2 aromatic heterocycles. The first-order valence-electron chi connectivity index (χ1n) is 9.50. The molecule has 0 aliphatic carbocycles. The van der Waals surface area contributed by atoms with Crippen LogP contribution >= 0.6 is 0 Å². The first-order chi connectivity index (χ1) is 13.7. The lowest BCUT2D eigenvalue weighted by molar-refractivity contribution is 1.33. The number of aromatic nitrogens is 2. The highest BCUT2D eigenvalue weighted by molar-refractivity contribution is 6.21. The fourth-order valence-electron chi connectivity index (χ4n) is 4.11. The summed E-state index contributed by atoms with van der Waals surface area (Å²) in [5.41, 5.74) is 7.39. The van der Waals surface area contributed by atoms with Gasteiger partial charge in [-0.15, -0.1) is 0 Å². The summed E-state index contributed by atoms with van der Waals surface area (Å²) in [5, 5.41) is 5.11. The number of rotatable bonds is 2. The minimum Gasteiger partial charge on any atom is -0.265 e. The number of fused-ring (bicyclic) bond motifs is 3. The summed E-state index contributed by atoms with van der Waals surface area (Å²) < 4.78 is 0. The van der Waals surface area contributed by atoms with Gasteiger partial charge in [-0.05, 0) is 81.9 Å². The van der Waals surface area contributed by atoms with Gasteiger partial charge in [0.2, 0.25) is 0 Å². The lowest BCUT2D eigenvalue weighted by Gasteiger charge is -2.19. The molecule has 0 fully saturated rings. The van der Waals surface area contributed by atoms with E-state index in [-0.39, 0.29) is 0 Å². The van der Waals surface area contributed by atoms with E-state index >= 15 is 0 Å². The molecule has 3 aromatic carbocycles. The maximum Gasteiger partial charge on any atom is 0.0273 e. The zero-order chi connectivity index (χ0) is 19.1. The van der Waals surface area contributed by atoms with E-state index in [4.69, 9.17) is 0 Å². The minimum absolute atomic E-state index is 1.18. The number of pyridine rings is 2. The fourth-order valence-corrected chi connectivity index (χ4v) is 4.11. The number of aryl methyl sites for hydroxylation is 2. The van der Waals surface area contributed by atoms with E-state index in [0.29, 0.717) is 0 Å². The van der Waals surface area contributed by atoms with Crippen LogP contribution in [0.5, 0.6) is 0 Å². The predicted molar refractivity (Wildman–Crippen MR) is 117 cm³/mol. The zero-order valence-electron chi connectivity index (χ0n) is 16.0. The van der Waals surface area contributed by atoms with Crippen LogP contribution in [-0.2, 0) is 0 Å². The van der Waals surface area contributed by atoms with E-state index in [0.717, 1.165) is 0 Å². The highest BCUT2D eigenvalue weighted by atomic mass is 14.6. The van der Waals surface area contributed by atoms with Gasteiger partial charge in [-0.1, -0.05) is 47.5 Å². The van der Waals surface area contributed by atoms with Gasteiger partial charge in [-0.2, -0.15) is 0 Å². The molecule has 5 aromatic rings. The van der Waals surface area contributed by atoms with E-state index in [1.54, 1.807) is 0 Å². The first-order valence-corrected chi connectivity index (χ1v) is 9.50. The molecule has 0 spiro atoms. The van der Waals surface area contributed by atoms with Gasteiger partial charge in [0.15, 0.2) is 0 Å². The standard InChI is InChI=1S/C26H20N2/c1-17-3-5-21-22-6-4-18(2)16-24(22)26(20-9-13-28-14-10-20)25(23(21)15-17)19-7-11-27-12-8-19/h3-16H,1-2H3. The molecule has 2 heteroatoms. The number of nitrogens with zero attached hydrogens (tertiary/aromatic N) is 2. The van der Waals surface area contributed by atoms with Crippen LogP contribution in [0.4, 0.5) is 0 Å². The molecule has 2 nitrogen and oxygen atoms in total. The smallest absolute Gasteiger partial charge is 0.0273 e. The molecule has 0 saturated heterocycles. The second-order valence-electron chi connectivity index (χ2n) is 7.32. The summed E-state index contributed by atoms with van der Waals surface area (Å²) in [7, 11) is 0. The Balaban J connectivity index is 2.08. The largest absolute Gasteiger partial charge is 0.265 e. The van der Waals surface area contributed by atoms with Gasteiger partial charge >= 0.3 is 0 Å². The van der Waals surface area contributed by atoms with Crippen molar-refractivity contribution in [1.29, 1.82) is 0 Å². The van der Waals surface area contributed by atoms with Gasteiger partial charge < -0.3 is 0 Å².